The maximum absolute atomic E-state index is 9.33. The third-order valence-corrected chi connectivity index (χ3v) is 2.93. The van der Waals surface area contributed by atoms with Crippen molar-refractivity contribution in [2.24, 2.45) is 0 Å². The van der Waals surface area contributed by atoms with Crippen LogP contribution in [0.3, 0.4) is 0 Å². The first kappa shape index (κ1) is 12.0. The molecule has 1 heterocycles. The van der Waals surface area contributed by atoms with E-state index in [0.717, 1.165) is 18.4 Å². The zero-order chi connectivity index (χ0) is 12.3. The summed E-state index contributed by atoms with van der Waals surface area (Å²) in [4.78, 5) is 0. The van der Waals surface area contributed by atoms with E-state index in [0.29, 0.717) is 17.2 Å². The number of hydrogen-bond acceptors (Lipinski definition) is 4. The molecule has 0 saturated heterocycles. The molecule has 0 aromatic heterocycles. The highest BCUT2D eigenvalue weighted by Crippen LogP contribution is 2.38. The number of benzene rings is 1. The Hall–Kier alpha value is -1.42. The molecule has 0 amide bonds. The summed E-state index contributed by atoms with van der Waals surface area (Å²) in [7, 11) is 0. The Morgan fingerprint density at radius 1 is 1.24 bits per heavy atom. The number of rotatable bonds is 5. The van der Waals surface area contributed by atoms with Gasteiger partial charge in [-0.25, -0.2) is 0 Å². The highest BCUT2D eigenvalue weighted by molar-refractivity contribution is 5.51. The molecule has 1 aromatic carbocycles. The van der Waals surface area contributed by atoms with Crippen molar-refractivity contribution in [2.75, 3.05) is 6.79 Å². The molecule has 4 heteroatoms. The van der Waals surface area contributed by atoms with E-state index in [9.17, 15) is 5.11 Å². The lowest BCUT2D eigenvalue weighted by Gasteiger charge is -2.18. The summed E-state index contributed by atoms with van der Waals surface area (Å²) in [6, 6.07) is 3.58. The predicted octanol–water partition coefficient (Wildman–Crippen LogP) is 2.48. The van der Waals surface area contributed by atoms with Crippen LogP contribution in [-0.2, 0) is 6.61 Å². The first-order valence-corrected chi connectivity index (χ1v) is 5.98. The summed E-state index contributed by atoms with van der Waals surface area (Å²) in [5.74, 6) is 2.04. The van der Waals surface area contributed by atoms with Crippen LogP contribution in [-0.4, -0.2) is 18.0 Å². The zero-order valence-electron chi connectivity index (χ0n) is 10.2. The summed E-state index contributed by atoms with van der Waals surface area (Å²) in [5.41, 5.74) is 0.737. The molecule has 0 radical (unpaired) electrons. The quantitative estimate of drug-likeness (QED) is 0.856. The van der Waals surface area contributed by atoms with E-state index >= 15 is 0 Å². The van der Waals surface area contributed by atoms with Gasteiger partial charge in [0.2, 0.25) is 6.79 Å². The second-order valence-corrected chi connectivity index (χ2v) is 4.03. The van der Waals surface area contributed by atoms with E-state index in [1.807, 2.05) is 0 Å². The second kappa shape index (κ2) is 5.27. The average molecular weight is 238 g/mol. The fraction of sp³-hybridized carbons (Fsp3) is 0.538. The topological polar surface area (TPSA) is 47.9 Å². The van der Waals surface area contributed by atoms with Gasteiger partial charge in [-0.15, -0.1) is 0 Å². The molecule has 1 aliphatic rings. The summed E-state index contributed by atoms with van der Waals surface area (Å²) in [6.45, 7) is 4.33. The van der Waals surface area contributed by atoms with E-state index in [2.05, 4.69) is 13.8 Å². The van der Waals surface area contributed by atoms with Crippen molar-refractivity contribution >= 4 is 0 Å². The summed E-state index contributed by atoms with van der Waals surface area (Å²) >= 11 is 0. The Labute approximate surface area is 101 Å². The molecule has 0 spiro atoms. The van der Waals surface area contributed by atoms with Crippen LogP contribution in [0.2, 0.25) is 0 Å². The van der Waals surface area contributed by atoms with Crippen LogP contribution in [0.15, 0.2) is 12.1 Å². The third kappa shape index (κ3) is 2.47. The van der Waals surface area contributed by atoms with Crippen molar-refractivity contribution in [1.29, 1.82) is 0 Å². The molecular formula is C13H18O4. The van der Waals surface area contributed by atoms with Crippen molar-refractivity contribution in [3.8, 4) is 17.2 Å². The van der Waals surface area contributed by atoms with Crippen LogP contribution < -0.4 is 14.2 Å². The van der Waals surface area contributed by atoms with Crippen LogP contribution in [0.25, 0.3) is 0 Å². The van der Waals surface area contributed by atoms with Gasteiger partial charge in [0.25, 0.3) is 0 Å². The number of ether oxygens (including phenoxy) is 3. The third-order valence-electron chi connectivity index (χ3n) is 2.93. The number of aliphatic hydroxyl groups excluding tert-OH is 1. The molecular weight excluding hydrogens is 220 g/mol. The van der Waals surface area contributed by atoms with Gasteiger partial charge in [0, 0.05) is 11.6 Å². The Morgan fingerprint density at radius 2 is 1.88 bits per heavy atom. The van der Waals surface area contributed by atoms with Crippen LogP contribution in [0.4, 0.5) is 0 Å². The Bertz CT molecular complexity index is 385. The zero-order valence-corrected chi connectivity index (χ0v) is 10.2. The average Bonchev–Trinajstić information content (AvgIpc) is 2.81. The fourth-order valence-electron chi connectivity index (χ4n) is 1.83. The summed E-state index contributed by atoms with van der Waals surface area (Å²) < 4.78 is 16.4. The molecule has 0 fully saturated rings. The Morgan fingerprint density at radius 3 is 2.47 bits per heavy atom. The van der Waals surface area contributed by atoms with Crippen LogP contribution in [0.5, 0.6) is 17.2 Å². The largest absolute Gasteiger partial charge is 0.490 e. The lowest BCUT2D eigenvalue weighted by atomic mass is 10.1. The van der Waals surface area contributed by atoms with E-state index in [-0.39, 0.29) is 19.5 Å². The van der Waals surface area contributed by atoms with Gasteiger partial charge < -0.3 is 19.3 Å². The van der Waals surface area contributed by atoms with E-state index in [1.165, 1.54) is 0 Å². The van der Waals surface area contributed by atoms with Gasteiger partial charge in [0.1, 0.15) is 5.75 Å². The molecule has 2 rings (SSSR count). The number of fused-ring (bicyclic) bond motifs is 1. The van der Waals surface area contributed by atoms with Gasteiger partial charge in [0.15, 0.2) is 11.5 Å². The number of aliphatic hydroxyl groups is 1. The molecule has 0 atom stereocenters. The van der Waals surface area contributed by atoms with Crippen LogP contribution >= 0.6 is 0 Å². The first-order valence-electron chi connectivity index (χ1n) is 5.98. The maximum Gasteiger partial charge on any atom is 0.231 e. The second-order valence-electron chi connectivity index (χ2n) is 4.03. The van der Waals surface area contributed by atoms with Gasteiger partial charge >= 0.3 is 0 Å². The Kier molecular flexibility index (Phi) is 3.74. The lowest BCUT2D eigenvalue weighted by molar-refractivity contribution is 0.172. The minimum atomic E-state index is -0.0634. The smallest absolute Gasteiger partial charge is 0.231 e. The Balaban J connectivity index is 2.26. The molecule has 17 heavy (non-hydrogen) atoms. The maximum atomic E-state index is 9.33. The lowest BCUT2D eigenvalue weighted by Crippen LogP contribution is -2.14. The molecule has 0 saturated carbocycles. The van der Waals surface area contributed by atoms with Crippen LogP contribution in [0.1, 0.15) is 32.3 Å². The standard InChI is InChI=1S/C13H18O4/c1-3-10(4-2)17-11-6-13-12(15-8-16-13)5-9(11)7-14/h5-6,10,14H,3-4,7-8H2,1-2H3. The molecule has 0 bridgehead atoms. The van der Waals surface area contributed by atoms with E-state index in [1.54, 1.807) is 12.1 Å². The summed E-state index contributed by atoms with van der Waals surface area (Å²) in [6.07, 6.45) is 2.05. The van der Waals surface area contributed by atoms with E-state index < -0.39 is 0 Å². The minimum absolute atomic E-state index is 0.0634. The highest BCUT2D eigenvalue weighted by atomic mass is 16.7. The molecule has 0 unspecified atom stereocenters. The van der Waals surface area contributed by atoms with Gasteiger partial charge in [-0.2, -0.15) is 0 Å². The van der Waals surface area contributed by atoms with Crippen molar-refractivity contribution in [1.82, 2.24) is 0 Å². The van der Waals surface area contributed by atoms with Crippen molar-refractivity contribution in [2.45, 2.75) is 39.4 Å². The molecule has 1 aliphatic heterocycles. The van der Waals surface area contributed by atoms with E-state index in [4.69, 9.17) is 14.2 Å². The number of hydrogen-bond donors (Lipinski definition) is 1. The van der Waals surface area contributed by atoms with Crippen LogP contribution in [0, 0.1) is 0 Å². The molecule has 94 valence electrons. The molecule has 1 N–H and O–H groups in total. The van der Waals surface area contributed by atoms with Gasteiger partial charge in [-0.3, -0.25) is 0 Å². The summed E-state index contributed by atoms with van der Waals surface area (Å²) in [5, 5.41) is 9.33. The van der Waals surface area contributed by atoms with Crippen molar-refractivity contribution in [3.63, 3.8) is 0 Å². The van der Waals surface area contributed by atoms with Gasteiger partial charge in [-0.05, 0) is 18.9 Å². The van der Waals surface area contributed by atoms with Crippen molar-refractivity contribution in [3.05, 3.63) is 17.7 Å². The normalized spacial score (nSPS) is 13.2. The predicted molar refractivity (Wildman–Crippen MR) is 63.5 cm³/mol. The molecule has 1 aromatic rings. The monoisotopic (exact) mass is 238 g/mol. The van der Waals surface area contributed by atoms with Crippen molar-refractivity contribution < 1.29 is 19.3 Å². The highest BCUT2D eigenvalue weighted by Gasteiger charge is 2.19. The van der Waals surface area contributed by atoms with Gasteiger partial charge in [-0.1, -0.05) is 13.8 Å². The SMILES string of the molecule is CCC(CC)Oc1cc2c(cc1CO)OCO2. The molecule has 0 aliphatic carbocycles. The fourth-order valence-corrected chi connectivity index (χ4v) is 1.83. The first-order chi connectivity index (χ1) is 8.28. The van der Waals surface area contributed by atoms with Gasteiger partial charge in [0.05, 0.1) is 12.7 Å². The molecule has 4 nitrogen and oxygen atoms in total. The minimum Gasteiger partial charge on any atom is -0.490 e.